The summed E-state index contributed by atoms with van der Waals surface area (Å²) in [5, 5.41) is 6.60. The number of hydrogen-bond acceptors (Lipinski definition) is 3. The lowest BCUT2D eigenvalue weighted by molar-refractivity contribution is -0.117. The van der Waals surface area contributed by atoms with Gasteiger partial charge < -0.3 is 10.6 Å². The minimum absolute atomic E-state index is 0. The summed E-state index contributed by atoms with van der Waals surface area (Å²) in [6.45, 7) is 1.99. The van der Waals surface area contributed by atoms with Crippen molar-refractivity contribution in [3.63, 3.8) is 0 Å². The topological polar surface area (TPSA) is 54.0 Å². The van der Waals surface area contributed by atoms with E-state index in [-0.39, 0.29) is 30.7 Å². The van der Waals surface area contributed by atoms with Crippen LogP contribution in [0.15, 0.2) is 18.5 Å². The lowest BCUT2D eigenvalue weighted by Crippen LogP contribution is -2.39. The first-order valence-corrected chi connectivity index (χ1v) is 7.17. The third-order valence-corrected chi connectivity index (χ3v) is 4.36. The number of carbonyl (C=O) groups is 1. The Morgan fingerprint density at radius 1 is 1.33 bits per heavy atom. The summed E-state index contributed by atoms with van der Waals surface area (Å²) >= 11 is 0. The van der Waals surface area contributed by atoms with Crippen molar-refractivity contribution in [3.05, 3.63) is 24.0 Å². The quantitative estimate of drug-likeness (QED) is 0.894. The Bertz CT molecular complexity index is 472. The van der Waals surface area contributed by atoms with Crippen molar-refractivity contribution in [2.24, 2.45) is 5.92 Å². The molecule has 0 radical (unpaired) electrons. The zero-order valence-electron chi connectivity index (χ0n) is 12.2. The molecule has 118 valence electrons. The highest BCUT2D eigenvalue weighted by Gasteiger charge is 2.34. The number of aromatic nitrogens is 1. The fourth-order valence-corrected chi connectivity index (χ4v) is 3.40. The maximum absolute atomic E-state index is 12.1. The predicted octanol–water partition coefficient (Wildman–Crippen LogP) is 3.09. The molecule has 1 amide bonds. The Morgan fingerprint density at radius 3 is 2.62 bits per heavy atom. The molecule has 2 aliphatic heterocycles. The van der Waals surface area contributed by atoms with Crippen molar-refractivity contribution in [3.8, 4) is 0 Å². The smallest absolute Gasteiger partial charge is 0.224 e. The molecule has 3 rings (SSSR count). The fourth-order valence-electron chi connectivity index (χ4n) is 3.40. The van der Waals surface area contributed by atoms with Crippen molar-refractivity contribution in [2.75, 3.05) is 5.32 Å². The van der Waals surface area contributed by atoms with E-state index in [1.54, 1.807) is 12.4 Å². The number of hydrogen-bond donors (Lipinski definition) is 2. The molecule has 1 aromatic rings. The van der Waals surface area contributed by atoms with Crippen LogP contribution < -0.4 is 10.6 Å². The Hall–Kier alpha value is -0.840. The van der Waals surface area contributed by atoms with Crippen LogP contribution in [0.1, 0.15) is 37.7 Å². The molecule has 0 saturated carbocycles. The molecule has 3 heterocycles. The molecule has 21 heavy (non-hydrogen) atoms. The Labute approximate surface area is 138 Å². The third-order valence-electron chi connectivity index (χ3n) is 4.36. The number of fused-ring (bicyclic) bond motifs is 2. The van der Waals surface area contributed by atoms with Crippen LogP contribution in [0, 0.1) is 12.8 Å². The molecular weight excluding hydrogens is 309 g/mol. The molecule has 2 N–H and O–H groups in total. The van der Waals surface area contributed by atoms with Crippen molar-refractivity contribution < 1.29 is 4.79 Å². The molecule has 4 nitrogen and oxygen atoms in total. The van der Waals surface area contributed by atoms with E-state index in [0.29, 0.717) is 24.4 Å². The maximum Gasteiger partial charge on any atom is 0.224 e. The van der Waals surface area contributed by atoms with E-state index >= 15 is 0 Å². The number of anilines is 1. The fraction of sp³-hybridized carbons (Fsp3) is 0.600. The Kier molecular flexibility index (Phi) is 6.91. The van der Waals surface area contributed by atoms with Gasteiger partial charge in [0.05, 0.1) is 11.9 Å². The van der Waals surface area contributed by atoms with Gasteiger partial charge in [0.15, 0.2) is 0 Å². The summed E-state index contributed by atoms with van der Waals surface area (Å²) in [7, 11) is 0. The summed E-state index contributed by atoms with van der Waals surface area (Å²) in [5.74, 6) is 0.665. The zero-order chi connectivity index (χ0) is 13.2. The molecule has 2 atom stereocenters. The minimum atomic E-state index is 0. The van der Waals surface area contributed by atoms with Crippen molar-refractivity contribution in [2.45, 2.75) is 51.1 Å². The minimum Gasteiger partial charge on any atom is -0.325 e. The van der Waals surface area contributed by atoms with Gasteiger partial charge in [-0.15, -0.1) is 24.8 Å². The van der Waals surface area contributed by atoms with Gasteiger partial charge in [0, 0.05) is 24.7 Å². The van der Waals surface area contributed by atoms with Crippen LogP contribution in [-0.2, 0) is 4.79 Å². The van der Waals surface area contributed by atoms with E-state index in [1.165, 1.54) is 12.8 Å². The number of nitrogens with zero attached hydrogens (tertiary/aromatic N) is 1. The normalized spacial score (nSPS) is 26.4. The number of pyridine rings is 1. The van der Waals surface area contributed by atoms with E-state index in [1.807, 2.05) is 13.0 Å². The number of piperidine rings is 1. The van der Waals surface area contributed by atoms with E-state index in [9.17, 15) is 4.79 Å². The SMILES string of the molecule is Cc1ccncc1NC(=O)CC1CC2CCC(C1)N2.Cl.Cl. The van der Waals surface area contributed by atoms with E-state index in [0.717, 1.165) is 24.1 Å². The summed E-state index contributed by atoms with van der Waals surface area (Å²) in [4.78, 5) is 16.2. The molecule has 0 spiro atoms. The molecule has 0 aliphatic carbocycles. The largest absolute Gasteiger partial charge is 0.325 e. The van der Waals surface area contributed by atoms with E-state index in [4.69, 9.17) is 0 Å². The maximum atomic E-state index is 12.1. The lowest BCUT2D eigenvalue weighted by atomic mass is 9.89. The van der Waals surface area contributed by atoms with Crippen LogP contribution >= 0.6 is 24.8 Å². The second-order valence-electron chi connectivity index (χ2n) is 5.92. The second-order valence-corrected chi connectivity index (χ2v) is 5.92. The number of rotatable bonds is 3. The van der Waals surface area contributed by atoms with Gasteiger partial charge in [0.2, 0.25) is 5.91 Å². The van der Waals surface area contributed by atoms with Crippen molar-refractivity contribution >= 4 is 36.4 Å². The summed E-state index contributed by atoms with van der Waals surface area (Å²) in [6.07, 6.45) is 8.97. The first-order valence-electron chi connectivity index (χ1n) is 7.17. The van der Waals surface area contributed by atoms with Gasteiger partial charge in [0.25, 0.3) is 0 Å². The molecule has 1 aromatic heterocycles. The number of carbonyl (C=O) groups excluding carboxylic acids is 1. The highest BCUT2D eigenvalue weighted by molar-refractivity contribution is 5.91. The zero-order valence-corrected chi connectivity index (χ0v) is 13.8. The predicted molar refractivity (Wildman–Crippen MR) is 89.4 cm³/mol. The van der Waals surface area contributed by atoms with Gasteiger partial charge >= 0.3 is 0 Å². The average molecular weight is 332 g/mol. The molecular formula is C15H23Cl2N3O. The second kappa shape index (κ2) is 7.97. The first kappa shape index (κ1) is 18.2. The Balaban J connectivity index is 0.00000110. The molecule has 2 bridgehead atoms. The highest BCUT2D eigenvalue weighted by Crippen LogP contribution is 2.32. The standard InChI is InChI=1S/C15H21N3O.2ClH/c1-10-4-5-16-9-14(10)18-15(19)8-11-6-12-2-3-13(7-11)17-12;;/h4-5,9,11-13,17H,2-3,6-8H2,1H3,(H,18,19);2*1H. The molecule has 6 heteroatoms. The molecule has 2 saturated heterocycles. The van der Waals surface area contributed by atoms with E-state index in [2.05, 4.69) is 15.6 Å². The van der Waals surface area contributed by atoms with Crippen LogP contribution in [0.5, 0.6) is 0 Å². The van der Waals surface area contributed by atoms with E-state index < -0.39 is 0 Å². The average Bonchev–Trinajstić information content (AvgIpc) is 2.72. The molecule has 0 aromatic carbocycles. The van der Waals surface area contributed by atoms with Crippen LogP contribution in [0.4, 0.5) is 5.69 Å². The van der Waals surface area contributed by atoms with Crippen LogP contribution in [0.2, 0.25) is 0 Å². The number of halogens is 2. The van der Waals surface area contributed by atoms with Gasteiger partial charge in [-0.3, -0.25) is 9.78 Å². The van der Waals surface area contributed by atoms with Gasteiger partial charge in [-0.1, -0.05) is 0 Å². The van der Waals surface area contributed by atoms with Gasteiger partial charge in [-0.25, -0.2) is 0 Å². The molecule has 2 aliphatic rings. The summed E-state index contributed by atoms with van der Waals surface area (Å²) in [6, 6.07) is 3.22. The highest BCUT2D eigenvalue weighted by atomic mass is 35.5. The monoisotopic (exact) mass is 331 g/mol. The number of aryl methyl sites for hydroxylation is 1. The van der Waals surface area contributed by atoms with Crippen molar-refractivity contribution in [1.29, 1.82) is 0 Å². The van der Waals surface area contributed by atoms with Crippen molar-refractivity contribution in [1.82, 2.24) is 10.3 Å². The number of amides is 1. The summed E-state index contributed by atoms with van der Waals surface area (Å²) < 4.78 is 0. The van der Waals surface area contributed by atoms with Crippen LogP contribution in [0.3, 0.4) is 0 Å². The number of nitrogens with one attached hydrogen (secondary N) is 2. The lowest BCUT2D eigenvalue weighted by Gasteiger charge is -2.28. The van der Waals surface area contributed by atoms with Gasteiger partial charge in [-0.2, -0.15) is 0 Å². The van der Waals surface area contributed by atoms with Crippen LogP contribution in [0.25, 0.3) is 0 Å². The molecule has 2 fully saturated rings. The summed E-state index contributed by atoms with van der Waals surface area (Å²) in [5.41, 5.74) is 1.90. The Morgan fingerprint density at radius 2 is 2.00 bits per heavy atom. The van der Waals surface area contributed by atoms with Gasteiger partial charge in [0.1, 0.15) is 0 Å². The first-order chi connectivity index (χ1) is 9.20. The van der Waals surface area contributed by atoms with Gasteiger partial charge in [-0.05, 0) is 50.2 Å². The third kappa shape index (κ3) is 4.56. The van der Waals surface area contributed by atoms with Crippen LogP contribution in [-0.4, -0.2) is 23.0 Å². The molecule has 2 unspecified atom stereocenters.